The van der Waals surface area contributed by atoms with E-state index >= 15 is 0 Å². The van der Waals surface area contributed by atoms with Gasteiger partial charge in [0, 0.05) is 25.5 Å². The SMILES string of the molecule is C[C@H]1CC[C@H](c2cccn2C)N(C(=S)NCc2ccco2)CC1. The molecule has 0 spiro atoms. The lowest BCUT2D eigenvalue weighted by molar-refractivity contribution is 0.304. The molecule has 124 valence electrons. The molecule has 2 aromatic rings. The third-order valence-electron chi connectivity index (χ3n) is 4.75. The van der Waals surface area contributed by atoms with Crippen LogP contribution in [0.2, 0.25) is 0 Å². The van der Waals surface area contributed by atoms with Gasteiger partial charge in [0.25, 0.3) is 0 Å². The highest BCUT2D eigenvalue weighted by Gasteiger charge is 2.28. The molecule has 0 aromatic carbocycles. The molecule has 2 aromatic heterocycles. The fourth-order valence-corrected chi connectivity index (χ4v) is 3.60. The topological polar surface area (TPSA) is 33.3 Å². The molecule has 1 aliphatic rings. The normalized spacial score (nSPS) is 21.9. The van der Waals surface area contributed by atoms with Crippen LogP contribution in [0.5, 0.6) is 0 Å². The maximum absolute atomic E-state index is 5.70. The fourth-order valence-electron chi connectivity index (χ4n) is 3.31. The predicted molar refractivity (Wildman–Crippen MR) is 96.0 cm³/mol. The minimum Gasteiger partial charge on any atom is -0.467 e. The van der Waals surface area contributed by atoms with Crippen molar-refractivity contribution in [1.82, 2.24) is 14.8 Å². The summed E-state index contributed by atoms with van der Waals surface area (Å²) in [4.78, 5) is 2.36. The lowest BCUT2D eigenvalue weighted by Crippen LogP contribution is -2.42. The second kappa shape index (κ2) is 7.21. The van der Waals surface area contributed by atoms with Crippen molar-refractivity contribution in [3.63, 3.8) is 0 Å². The molecular formula is C18H25N3OS. The van der Waals surface area contributed by atoms with Crippen molar-refractivity contribution in [3.8, 4) is 0 Å². The first-order valence-corrected chi connectivity index (χ1v) is 8.74. The van der Waals surface area contributed by atoms with E-state index in [4.69, 9.17) is 16.6 Å². The molecule has 2 atom stereocenters. The Morgan fingerprint density at radius 1 is 1.30 bits per heavy atom. The number of likely N-dealkylation sites (tertiary alicyclic amines) is 1. The number of aryl methyl sites for hydroxylation is 1. The van der Waals surface area contributed by atoms with Gasteiger partial charge in [-0.25, -0.2) is 0 Å². The summed E-state index contributed by atoms with van der Waals surface area (Å²) in [5.41, 5.74) is 1.33. The maximum atomic E-state index is 5.70. The monoisotopic (exact) mass is 331 g/mol. The van der Waals surface area contributed by atoms with Crippen molar-refractivity contribution in [2.75, 3.05) is 6.54 Å². The molecule has 0 radical (unpaired) electrons. The van der Waals surface area contributed by atoms with E-state index in [0.717, 1.165) is 29.8 Å². The van der Waals surface area contributed by atoms with Gasteiger partial charge in [0.05, 0.1) is 18.8 Å². The van der Waals surface area contributed by atoms with Crippen LogP contribution in [-0.4, -0.2) is 21.1 Å². The Morgan fingerprint density at radius 3 is 2.87 bits per heavy atom. The van der Waals surface area contributed by atoms with Gasteiger partial charge in [-0.05, 0) is 61.7 Å². The van der Waals surface area contributed by atoms with Gasteiger partial charge in [-0.15, -0.1) is 0 Å². The van der Waals surface area contributed by atoms with Crippen LogP contribution in [0.4, 0.5) is 0 Å². The zero-order chi connectivity index (χ0) is 16.2. The highest BCUT2D eigenvalue weighted by atomic mass is 32.1. The summed E-state index contributed by atoms with van der Waals surface area (Å²) in [5.74, 6) is 1.65. The molecule has 1 fully saturated rings. The summed E-state index contributed by atoms with van der Waals surface area (Å²) in [7, 11) is 2.11. The molecule has 1 aliphatic heterocycles. The van der Waals surface area contributed by atoms with E-state index < -0.39 is 0 Å². The Hall–Kier alpha value is -1.75. The minimum absolute atomic E-state index is 0.344. The summed E-state index contributed by atoms with van der Waals surface area (Å²) in [6.07, 6.45) is 7.37. The van der Waals surface area contributed by atoms with Gasteiger partial charge < -0.3 is 19.2 Å². The number of hydrogen-bond acceptors (Lipinski definition) is 2. The minimum atomic E-state index is 0.344. The molecule has 4 nitrogen and oxygen atoms in total. The van der Waals surface area contributed by atoms with Crippen molar-refractivity contribution < 1.29 is 4.42 Å². The molecular weight excluding hydrogens is 306 g/mol. The van der Waals surface area contributed by atoms with Gasteiger partial charge in [-0.1, -0.05) is 6.92 Å². The number of nitrogens with one attached hydrogen (secondary N) is 1. The van der Waals surface area contributed by atoms with Crippen molar-refractivity contribution >= 4 is 17.3 Å². The standard InChI is InChI=1S/C18H25N3OS/c1-14-7-8-17(16-6-3-10-20(16)2)21(11-9-14)18(23)19-13-15-5-4-12-22-15/h3-6,10,12,14,17H,7-9,11,13H2,1-2H3,(H,19,23)/t14-,17+/m0/s1. The first-order chi connectivity index (χ1) is 11.1. The first-order valence-electron chi connectivity index (χ1n) is 8.33. The Balaban J connectivity index is 1.74. The Morgan fingerprint density at radius 2 is 2.17 bits per heavy atom. The molecule has 0 bridgehead atoms. The summed E-state index contributed by atoms with van der Waals surface area (Å²) in [5, 5.41) is 4.18. The number of aromatic nitrogens is 1. The van der Waals surface area contributed by atoms with E-state index in [1.165, 1.54) is 18.5 Å². The van der Waals surface area contributed by atoms with Crippen molar-refractivity contribution in [2.45, 2.75) is 38.8 Å². The summed E-state index contributed by atoms with van der Waals surface area (Å²) in [6.45, 7) is 3.98. The molecule has 1 N–H and O–H groups in total. The van der Waals surface area contributed by atoms with Crippen molar-refractivity contribution in [2.24, 2.45) is 13.0 Å². The Kier molecular flexibility index (Phi) is 5.06. The quantitative estimate of drug-likeness (QED) is 0.866. The van der Waals surface area contributed by atoms with Crippen LogP contribution < -0.4 is 5.32 Å². The number of hydrogen-bond donors (Lipinski definition) is 1. The van der Waals surface area contributed by atoms with Crippen LogP contribution in [0, 0.1) is 5.92 Å². The van der Waals surface area contributed by atoms with E-state index in [9.17, 15) is 0 Å². The fraction of sp³-hybridized carbons (Fsp3) is 0.500. The molecule has 3 rings (SSSR count). The summed E-state index contributed by atoms with van der Waals surface area (Å²) >= 11 is 5.70. The molecule has 0 aliphatic carbocycles. The van der Waals surface area contributed by atoms with Crippen LogP contribution in [-0.2, 0) is 13.6 Å². The average Bonchev–Trinajstić information content (AvgIpc) is 3.16. The molecule has 0 unspecified atom stereocenters. The predicted octanol–water partition coefficient (Wildman–Crippen LogP) is 3.86. The van der Waals surface area contributed by atoms with Gasteiger partial charge >= 0.3 is 0 Å². The second-order valence-electron chi connectivity index (χ2n) is 6.46. The van der Waals surface area contributed by atoms with Gasteiger partial charge in [0.15, 0.2) is 5.11 Å². The zero-order valence-electron chi connectivity index (χ0n) is 13.9. The molecule has 5 heteroatoms. The molecule has 0 amide bonds. The third kappa shape index (κ3) is 3.78. The van der Waals surface area contributed by atoms with Crippen molar-refractivity contribution in [3.05, 3.63) is 48.2 Å². The van der Waals surface area contributed by atoms with E-state index in [2.05, 4.69) is 47.1 Å². The third-order valence-corrected chi connectivity index (χ3v) is 5.13. The van der Waals surface area contributed by atoms with Gasteiger partial charge in [-0.3, -0.25) is 0 Å². The largest absolute Gasteiger partial charge is 0.467 e. The molecule has 0 saturated carbocycles. The van der Waals surface area contributed by atoms with Crippen LogP contribution >= 0.6 is 12.2 Å². The molecule has 23 heavy (non-hydrogen) atoms. The number of furan rings is 1. The number of nitrogens with zero attached hydrogens (tertiary/aromatic N) is 2. The average molecular weight is 331 g/mol. The molecule has 3 heterocycles. The number of rotatable bonds is 3. The van der Waals surface area contributed by atoms with Gasteiger partial charge in [0.2, 0.25) is 0 Å². The smallest absolute Gasteiger partial charge is 0.169 e. The Bertz CT molecular complexity index is 634. The van der Waals surface area contributed by atoms with Gasteiger partial charge in [0.1, 0.15) is 5.76 Å². The van der Waals surface area contributed by atoms with E-state index in [1.54, 1.807) is 6.26 Å². The lowest BCUT2D eigenvalue weighted by Gasteiger charge is -2.33. The highest BCUT2D eigenvalue weighted by molar-refractivity contribution is 7.80. The van der Waals surface area contributed by atoms with E-state index in [1.807, 2.05) is 12.1 Å². The Labute approximate surface area is 143 Å². The summed E-state index contributed by atoms with van der Waals surface area (Å²) < 4.78 is 7.60. The number of thiocarbonyl (C=S) groups is 1. The van der Waals surface area contributed by atoms with Crippen LogP contribution in [0.3, 0.4) is 0 Å². The highest BCUT2D eigenvalue weighted by Crippen LogP contribution is 2.32. The van der Waals surface area contributed by atoms with Crippen LogP contribution in [0.1, 0.15) is 43.7 Å². The van der Waals surface area contributed by atoms with Crippen molar-refractivity contribution in [1.29, 1.82) is 0 Å². The second-order valence-corrected chi connectivity index (χ2v) is 6.85. The summed E-state index contributed by atoms with van der Waals surface area (Å²) in [6, 6.07) is 8.54. The maximum Gasteiger partial charge on any atom is 0.169 e. The lowest BCUT2D eigenvalue weighted by atomic mass is 10.0. The van der Waals surface area contributed by atoms with Crippen LogP contribution in [0.15, 0.2) is 41.1 Å². The molecule has 1 saturated heterocycles. The van der Waals surface area contributed by atoms with Gasteiger partial charge in [-0.2, -0.15) is 0 Å². The van der Waals surface area contributed by atoms with E-state index in [0.29, 0.717) is 12.6 Å². The van der Waals surface area contributed by atoms with E-state index in [-0.39, 0.29) is 0 Å². The van der Waals surface area contributed by atoms with Crippen LogP contribution in [0.25, 0.3) is 0 Å². The zero-order valence-corrected chi connectivity index (χ0v) is 14.7. The first kappa shape index (κ1) is 16.1.